The number of aryl methyl sites for hydroxylation is 2. The number of rotatable bonds is 3. The van der Waals surface area contributed by atoms with Crippen molar-refractivity contribution in [1.29, 1.82) is 0 Å². The Labute approximate surface area is 143 Å². The molecule has 116 valence electrons. The summed E-state index contributed by atoms with van der Waals surface area (Å²) in [4.78, 5) is 18.9. The average molecular weight is 340 g/mol. The van der Waals surface area contributed by atoms with Gasteiger partial charge in [0.25, 0.3) is 5.91 Å². The van der Waals surface area contributed by atoms with Crippen molar-refractivity contribution in [3.63, 3.8) is 0 Å². The monoisotopic (exact) mass is 340 g/mol. The maximum absolute atomic E-state index is 12.4. The fourth-order valence-electron chi connectivity index (χ4n) is 2.86. The molecular weight excluding hydrogens is 324 g/mol. The van der Waals surface area contributed by atoms with E-state index in [9.17, 15) is 4.79 Å². The van der Waals surface area contributed by atoms with Gasteiger partial charge in [0.15, 0.2) is 0 Å². The Hall–Kier alpha value is -1.98. The molecule has 2 heterocycles. The number of hydrogen-bond acceptors (Lipinski definition) is 4. The molecule has 2 aromatic heterocycles. The minimum absolute atomic E-state index is 0.00796. The van der Waals surface area contributed by atoms with Crippen LogP contribution in [0.4, 0.5) is 5.69 Å². The van der Waals surface area contributed by atoms with Gasteiger partial charge in [0, 0.05) is 27.7 Å². The molecule has 3 aromatic rings. The van der Waals surface area contributed by atoms with Crippen LogP contribution in [-0.4, -0.2) is 10.9 Å². The summed E-state index contributed by atoms with van der Waals surface area (Å²) in [6, 6.07) is 9.92. The normalized spacial score (nSPS) is 13.6. The van der Waals surface area contributed by atoms with Crippen molar-refractivity contribution in [2.75, 3.05) is 5.32 Å². The van der Waals surface area contributed by atoms with Crippen molar-refractivity contribution in [3.05, 3.63) is 57.2 Å². The molecule has 0 saturated heterocycles. The Kier molecular flexibility index (Phi) is 3.97. The molecule has 1 aliphatic rings. The lowest BCUT2D eigenvalue weighted by atomic mass is 9.99. The molecule has 1 amide bonds. The molecular formula is C18H16N2OS2. The first kappa shape index (κ1) is 14.6. The lowest BCUT2D eigenvalue weighted by Gasteiger charge is -2.08. The molecule has 0 radical (unpaired) electrons. The molecule has 0 spiro atoms. The largest absolute Gasteiger partial charge is 0.321 e. The van der Waals surface area contributed by atoms with Crippen molar-refractivity contribution in [2.45, 2.75) is 25.7 Å². The van der Waals surface area contributed by atoms with Crippen molar-refractivity contribution in [1.82, 2.24) is 4.98 Å². The van der Waals surface area contributed by atoms with E-state index in [-0.39, 0.29) is 5.91 Å². The SMILES string of the molecule is O=C(Nc1ccc(-c2nccs2)cc1)c1cc2c(s1)CCCC2. The number of anilines is 1. The number of thiophene rings is 1. The summed E-state index contributed by atoms with van der Waals surface area (Å²) >= 11 is 3.25. The van der Waals surface area contributed by atoms with E-state index < -0.39 is 0 Å². The zero-order valence-corrected chi connectivity index (χ0v) is 14.2. The fourth-order valence-corrected chi connectivity index (χ4v) is 4.65. The second-order valence-corrected chi connectivity index (χ2v) is 7.67. The van der Waals surface area contributed by atoms with Crippen LogP contribution in [-0.2, 0) is 12.8 Å². The topological polar surface area (TPSA) is 42.0 Å². The van der Waals surface area contributed by atoms with Crippen LogP contribution >= 0.6 is 22.7 Å². The Bertz CT molecular complexity index is 796. The number of fused-ring (bicyclic) bond motifs is 1. The minimum atomic E-state index is -0.00796. The van der Waals surface area contributed by atoms with Gasteiger partial charge in [0.05, 0.1) is 4.88 Å². The van der Waals surface area contributed by atoms with E-state index in [2.05, 4.69) is 16.4 Å². The second-order valence-electron chi connectivity index (χ2n) is 5.63. The second kappa shape index (κ2) is 6.26. The van der Waals surface area contributed by atoms with E-state index in [0.29, 0.717) is 0 Å². The van der Waals surface area contributed by atoms with Crippen molar-refractivity contribution >= 4 is 34.3 Å². The first-order valence-corrected chi connectivity index (χ1v) is 9.42. The highest BCUT2D eigenvalue weighted by Gasteiger charge is 2.17. The summed E-state index contributed by atoms with van der Waals surface area (Å²) in [5.41, 5.74) is 3.26. The molecule has 23 heavy (non-hydrogen) atoms. The van der Waals surface area contributed by atoms with Gasteiger partial charge in [-0.15, -0.1) is 22.7 Å². The predicted molar refractivity (Wildman–Crippen MR) is 96.5 cm³/mol. The van der Waals surface area contributed by atoms with Gasteiger partial charge in [-0.05, 0) is 61.6 Å². The lowest BCUT2D eigenvalue weighted by Crippen LogP contribution is -2.09. The van der Waals surface area contributed by atoms with E-state index in [0.717, 1.165) is 34.0 Å². The summed E-state index contributed by atoms with van der Waals surface area (Å²) in [5, 5.41) is 5.95. The van der Waals surface area contributed by atoms with Crippen LogP contribution in [0.3, 0.4) is 0 Å². The number of carbonyl (C=O) groups excluding carboxylic acids is 1. The third-order valence-electron chi connectivity index (χ3n) is 4.04. The third kappa shape index (κ3) is 3.07. The van der Waals surface area contributed by atoms with Crippen molar-refractivity contribution in [2.24, 2.45) is 0 Å². The van der Waals surface area contributed by atoms with Crippen LogP contribution in [0.15, 0.2) is 41.9 Å². The Morgan fingerprint density at radius 3 is 2.70 bits per heavy atom. The summed E-state index contributed by atoms with van der Waals surface area (Å²) in [6.45, 7) is 0. The maximum atomic E-state index is 12.4. The zero-order valence-electron chi connectivity index (χ0n) is 12.5. The van der Waals surface area contributed by atoms with E-state index in [1.807, 2.05) is 29.6 Å². The number of hydrogen-bond donors (Lipinski definition) is 1. The highest BCUT2D eigenvalue weighted by atomic mass is 32.1. The number of carbonyl (C=O) groups is 1. The van der Waals surface area contributed by atoms with Gasteiger partial charge in [0.2, 0.25) is 0 Å². The molecule has 5 heteroatoms. The van der Waals surface area contributed by atoms with Crippen molar-refractivity contribution in [3.8, 4) is 10.6 Å². The van der Waals surface area contributed by atoms with E-state index in [1.54, 1.807) is 28.9 Å². The highest BCUT2D eigenvalue weighted by Crippen LogP contribution is 2.30. The molecule has 4 rings (SSSR count). The first-order chi connectivity index (χ1) is 11.3. The van der Waals surface area contributed by atoms with E-state index in [1.165, 1.54) is 23.3 Å². The quantitative estimate of drug-likeness (QED) is 0.729. The zero-order chi connectivity index (χ0) is 15.6. The molecule has 0 unspecified atom stereocenters. The Morgan fingerprint density at radius 2 is 1.96 bits per heavy atom. The molecule has 1 aliphatic carbocycles. The molecule has 0 atom stereocenters. The maximum Gasteiger partial charge on any atom is 0.265 e. The van der Waals surface area contributed by atoms with Crippen molar-refractivity contribution < 1.29 is 4.79 Å². The van der Waals surface area contributed by atoms with Crippen LogP contribution in [0.25, 0.3) is 10.6 Å². The van der Waals surface area contributed by atoms with Crippen LogP contribution in [0.1, 0.15) is 33.0 Å². The number of nitrogens with one attached hydrogen (secondary N) is 1. The number of benzene rings is 1. The molecule has 0 bridgehead atoms. The Balaban J connectivity index is 1.49. The summed E-state index contributed by atoms with van der Waals surface area (Å²) in [7, 11) is 0. The molecule has 0 saturated carbocycles. The first-order valence-electron chi connectivity index (χ1n) is 7.72. The Morgan fingerprint density at radius 1 is 1.13 bits per heavy atom. The summed E-state index contributed by atoms with van der Waals surface area (Å²) in [5.74, 6) is -0.00796. The molecule has 1 N–H and O–H groups in total. The number of thiazole rings is 1. The van der Waals surface area contributed by atoms with Crippen LogP contribution in [0, 0.1) is 0 Å². The van der Waals surface area contributed by atoms with Gasteiger partial charge < -0.3 is 5.32 Å². The van der Waals surface area contributed by atoms with Crippen LogP contribution in [0.2, 0.25) is 0 Å². The number of amides is 1. The fraction of sp³-hybridized carbons (Fsp3) is 0.222. The standard InChI is InChI=1S/C18H16N2OS2/c21-17(16-11-13-3-1-2-4-15(13)23-16)20-14-7-5-12(6-8-14)18-19-9-10-22-18/h5-11H,1-4H2,(H,20,21). The van der Waals surface area contributed by atoms with Gasteiger partial charge in [-0.2, -0.15) is 0 Å². The molecule has 0 fully saturated rings. The minimum Gasteiger partial charge on any atom is -0.321 e. The molecule has 0 aliphatic heterocycles. The van der Waals surface area contributed by atoms with Gasteiger partial charge in [-0.25, -0.2) is 4.98 Å². The molecule has 1 aromatic carbocycles. The van der Waals surface area contributed by atoms with E-state index >= 15 is 0 Å². The number of nitrogens with zero attached hydrogens (tertiary/aromatic N) is 1. The molecule has 3 nitrogen and oxygen atoms in total. The van der Waals surface area contributed by atoms with Gasteiger partial charge in [-0.3, -0.25) is 4.79 Å². The van der Waals surface area contributed by atoms with Gasteiger partial charge in [0.1, 0.15) is 5.01 Å². The van der Waals surface area contributed by atoms with E-state index in [4.69, 9.17) is 0 Å². The average Bonchev–Trinajstić information content (AvgIpc) is 3.25. The highest BCUT2D eigenvalue weighted by molar-refractivity contribution is 7.14. The van der Waals surface area contributed by atoms with Crippen LogP contribution < -0.4 is 5.32 Å². The van der Waals surface area contributed by atoms with Gasteiger partial charge >= 0.3 is 0 Å². The van der Waals surface area contributed by atoms with Gasteiger partial charge in [-0.1, -0.05) is 0 Å². The van der Waals surface area contributed by atoms with Crippen LogP contribution in [0.5, 0.6) is 0 Å². The third-order valence-corrected chi connectivity index (χ3v) is 6.10. The number of aromatic nitrogens is 1. The lowest BCUT2D eigenvalue weighted by molar-refractivity contribution is 0.103. The smallest absolute Gasteiger partial charge is 0.265 e. The predicted octanol–water partition coefficient (Wildman–Crippen LogP) is 5.00. The summed E-state index contributed by atoms with van der Waals surface area (Å²) in [6.07, 6.45) is 6.52. The summed E-state index contributed by atoms with van der Waals surface area (Å²) < 4.78 is 0.